The van der Waals surface area contributed by atoms with E-state index in [9.17, 15) is 13.2 Å². The summed E-state index contributed by atoms with van der Waals surface area (Å²) < 4.78 is 36.7. The molecule has 0 saturated carbocycles. The van der Waals surface area contributed by atoms with Gasteiger partial charge in [-0.15, -0.1) is 0 Å². The van der Waals surface area contributed by atoms with Crippen molar-refractivity contribution in [3.8, 4) is 5.75 Å². The van der Waals surface area contributed by atoms with Gasteiger partial charge in [0.05, 0.1) is 24.1 Å². The minimum atomic E-state index is -3.49. The van der Waals surface area contributed by atoms with Crippen molar-refractivity contribution in [1.29, 1.82) is 0 Å². The first-order valence-electron chi connectivity index (χ1n) is 7.20. The number of nitrogens with zero attached hydrogens (tertiary/aromatic N) is 1. The summed E-state index contributed by atoms with van der Waals surface area (Å²) in [6, 6.07) is 9.61. The van der Waals surface area contributed by atoms with Gasteiger partial charge in [-0.1, -0.05) is 17.7 Å². The van der Waals surface area contributed by atoms with Crippen molar-refractivity contribution in [2.75, 3.05) is 13.1 Å². The van der Waals surface area contributed by atoms with Gasteiger partial charge in [0, 0.05) is 6.07 Å². The maximum Gasteiger partial charge on any atom is 0.339 e. The van der Waals surface area contributed by atoms with Crippen LogP contribution in [0.1, 0.15) is 11.3 Å². The summed E-state index contributed by atoms with van der Waals surface area (Å²) >= 11 is 0. The fraction of sp³-hybridized carbons (Fsp3) is 0.312. The normalized spacial score (nSPS) is 16.1. The van der Waals surface area contributed by atoms with E-state index in [0.717, 1.165) is 5.56 Å². The third kappa shape index (κ3) is 3.30. The van der Waals surface area contributed by atoms with Crippen molar-refractivity contribution in [3.05, 3.63) is 58.1 Å². The molecule has 1 aromatic heterocycles. The second-order valence-electron chi connectivity index (χ2n) is 5.60. The van der Waals surface area contributed by atoms with Gasteiger partial charge in [-0.3, -0.25) is 0 Å². The molecule has 2 heterocycles. The van der Waals surface area contributed by atoms with Crippen molar-refractivity contribution in [1.82, 2.24) is 4.31 Å². The van der Waals surface area contributed by atoms with Crippen molar-refractivity contribution < 1.29 is 17.6 Å². The van der Waals surface area contributed by atoms with Gasteiger partial charge in [-0.25, -0.2) is 13.2 Å². The molecule has 3 rings (SSSR count). The fourth-order valence-electron chi connectivity index (χ4n) is 2.37. The molecule has 2 aromatic rings. The summed E-state index contributed by atoms with van der Waals surface area (Å²) in [5, 5.41) is 0. The highest BCUT2D eigenvalue weighted by Crippen LogP contribution is 2.24. The van der Waals surface area contributed by atoms with Crippen molar-refractivity contribution >= 4 is 10.0 Å². The number of sulfonamides is 1. The molecule has 0 unspecified atom stereocenters. The van der Waals surface area contributed by atoms with Crippen LogP contribution in [0.15, 0.2) is 50.5 Å². The van der Waals surface area contributed by atoms with Crippen LogP contribution in [-0.2, 0) is 10.0 Å². The Morgan fingerprint density at radius 1 is 1.13 bits per heavy atom. The van der Waals surface area contributed by atoms with Crippen LogP contribution >= 0.6 is 0 Å². The molecule has 0 bridgehead atoms. The van der Waals surface area contributed by atoms with E-state index in [1.54, 1.807) is 37.3 Å². The molecule has 0 N–H and O–H groups in total. The minimum Gasteiger partial charge on any atom is -0.487 e. The predicted molar refractivity (Wildman–Crippen MR) is 84.1 cm³/mol. The van der Waals surface area contributed by atoms with E-state index in [4.69, 9.17) is 9.15 Å². The van der Waals surface area contributed by atoms with Gasteiger partial charge in [0.15, 0.2) is 0 Å². The average Bonchev–Trinajstić information content (AvgIpc) is 2.41. The largest absolute Gasteiger partial charge is 0.487 e. The molecule has 0 atom stereocenters. The smallest absolute Gasteiger partial charge is 0.339 e. The molecule has 1 aromatic carbocycles. The Kier molecular flexibility index (Phi) is 3.99. The fourth-order valence-corrected chi connectivity index (χ4v) is 3.87. The quantitative estimate of drug-likeness (QED) is 0.850. The Balaban J connectivity index is 1.66. The van der Waals surface area contributed by atoms with Gasteiger partial charge in [0.25, 0.3) is 0 Å². The van der Waals surface area contributed by atoms with Crippen LogP contribution in [0.25, 0.3) is 0 Å². The van der Waals surface area contributed by atoms with Gasteiger partial charge >= 0.3 is 5.63 Å². The van der Waals surface area contributed by atoms with E-state index in [1.807, 2.05) is 6.92 Å². The third-order valence-corrected chi connectivity index (χ3v) is 5.49. The van der Waals surface area contributed by atoms with Gasteiger partial charge in [-0.05, 0) is 26.0 Å². The Morgan fingerprint density at radius 3 is 2.39 bits per heavy atom. The lowest BCUT2D eigenvalue weighted by Gasteiger charge is -2.37. The second kappa shape index (κ2) is 5.82. The second-order valence-corrected chi connectivity index (χ2v) is 7.54. The number of aryl methyl sites for hydroxylation is 2. The third-order valence-electron chi connectivity index (χ3n) is 3.64. The van der Waals surface area contributed by atoms with Crippen molar-refractivity contribution in [3.63, 3.8) is 0 Å². The maximum atomic E-state index is 12.4. The molecule has 1 fully saturated rings. The molecule has 0 spiro atoms. The lowest BCUT2D eigenvalue weighted by molar-refractivity contribution is 0.0754. The first kappa shape index (κ1) is 15.8. The predicted octanol–water partition coefficient (Wildman–Crippen LogP) is 1.71. The number of benzene rings is 1. The van der Waals surface area contributed by atoms with E-state index in [2.05, 4.69) is 0 Å². The van der Waals surface area contributed by atoms with Gasteiger partial charge in [0.1, 0.15) is 17.6 Å². The lowest BCUT2D eigenvalue weighted by Crippen LogP contribution is -2.55. The first-order valence-corrected chi connectivity index (χ1v) is 8.64. The van der Waals surface area contributed by atoms with Crippen LogP contribution in [0.4, 0.5) is 0 Å². The summed E-state index contributed by atoms with van der Waals surface area (Å²) in [4.78, 5) is 11.6. The molecule has 6 nitrogen and oxygen atoms in total. The molecule has 23 heavy (non-hydrogen) atoms. The zero-order chi connectivity index (χ0) is 16.6. The van der Waals surface area contributed by atoms with Crippen LogP contribution in [0.2, 0.25) is 0 Å². The van der Waals surface area contributed by atoms with Crippen molar-refractivity contribution in [2.24, 2.45) is 0 Å². The Hall–Kier alpha value is -2.12. The summed E-state index contributed by atoms with van der Waals surface area (Å²) in [5.41, 5.74) is 0.524. The molecular formula is C16H17NO5S. The highest BCUT2D eigenvalue weighted by molar-refractivity contribution is 7.89. The maximum absolute atomic E-state index is 12.4. The van der Waals surface area contributed by atoms with E-state index < -0.39 is 15.6 Å². The Morgan fingerprint density at radius 2 is 1.78 bits per heavy atom. The summed E-state index contributed by atoms with van der Waals surface area (Å²) in [7, 11) is -3.49. The molecule has 1 saturated heterocycles. The number of ether oxygens (including phenoxy) is 1. The SMILES string of the molecule is Cc1ccc(S(=O)(=O)N2CC(Oc3cc(C)oc(=O)c3)C2)cc1. The molecule has 1 aliphatic heterocycles. The number of hydrogen-bond donors (Lipinski definition) is 0. The van der Waals surface area contributed by atoms with Gasteiger partial charge < -0.3 is 9.15 Å². The van der Waals surface area contributed by atoms with E-state index in [0.29, 0.717) is 11.5 Å². The van der Waals surface area contributed by atoms with Crippen LogP contribution in [0.3, 0.4) is 0 Å². The molecule has 1 aliphatic rings. The molecular weight excluding hydrogens is 318 g/mol. The van der Waals surface area contributed by atoms with Crippen molar-refractivity contribution in [2.45, 2.75) is 24.8 Å². The summed E-state index contributed by atoms with van der Waals surface area (Å²) in [6.07, 6.45) is -0.267. The van der Waals surface area contributed by atoms with E-state index >= 15 is 0 Å². The van der Waals surface area contributed by atoms with Gasteiger partial charge in [-0.2, -0.15) is 4.31 Å². The topological polar surface area (TPSA) is 76.8 Å². The monoisotopic (exact) mass is 335 g/mol. The minimum absolute atomic E-state index is 0.259. The van der Waals surface area contributed by atoms with Gasteiger partial charge in [0.2, 0.25) is 10.0 Å². The van der Waals surface area contributed by atoms with Crippen LogP contribution < -0.4 is 10.4 Å². The Labute approximate surface area is 134 Å². The highest BCUT2D eigenvalue weighted by Gasteiger charge is 2.38. The zero-order valence-electron chi connectivity index (χ0n) is 12.9. The van der Waals surface area contributed by atoms with Crippen LogP contribution in [0.5, 0.6) is 5.75 Å². The lowest BCUT2D eigenvalue weighted by atomic mass is 10.2. The highest BCUT2D eigenvalue weighted by atomic mass is 32.2. The Bertz CT molecular complexity index is 864. The molecule has 0 amide bonds. The molecule has 0 radical (unpaired) electrons. The summed E-state index contributed by atoms with van der Waals surface area (Å²) in [5.74, 6) is 0.854. The number of hydrogen-bond acceptors (Lipinski definition) is 5. The van der Waals surface area contributed by atoms with Crippen LogP contribution in [-0.4, -0.2) is 31.9 Å². The average molecular weight is 335 g/mol. The first-order chi connectivity index (χ1) is 10.8. The van der Waals surface area contributed by atoms with Crippen LogP contribution in [0, 0.1) is 13.8 Å². The molecule has 0 aliphatic carbocycles. The van der Waals surface area contributed by atoms with E-state index in [1.165, 1.54) is 10.4 Å². The number of rotatable bonds is 4. The molecule has 7 heteroatoms. The van der Waals surface area contributed by atoms with E-state index in [-0.39, 0.29) is 24.1 Å². The summed E-state index contributed by atoms with van der Waals surface area (Å²) in [6.45, 7) is 4.08. The standard InChI is InChI=1S/C16H17NO5S/c1-11-3-5-15(6-4-11)23(19,20)17-9-14(10-17)22-13-7-12(2)21-16(18)8-13/h3-8,14H,9-10H2,1-2H3. The zero-order valence-corrected chi connectivity index (χ0v) is 13.7. The molecule has 122 valence electrons.